The molecule has 0 saturated heterocycles. The number of hydrogen-bond acceptors (Lipinski definition) is 0. The first-order valence-corrected chi connectivity index (χ1v) is 20.7. The van der Waals surface area contributed by atoms with Crippen molar-refractivity contribution in [2.24, 2.45) is 0 Å². The average Bonchev–Trinajstić information content (AvgIpc) is 3.64. The van der Waals surface area contributed by atoms with E-state index in [9.17, 15) is 0 Å². The summed E-state index contributed by atoms with van der Waals surface area (Å²) in [5.41, 5.74) is 18.8. The van der Waals surface area contributed by atoms with Gasteiger partial charge in [-0.3, -0.25) is 0 Å². The monoisotopic (exact) mass is 738 g/mol. The Bertz CT molecular complexity index is 3330. The topological polar surface area (TPSA) is 0 Å². The minimum atomic E-state index is -0.128. The van der Waals surface area contributed by atoms with Crippen LogP contribution in [0.3, 0.4) is 0 Å². The Morgan fingerprint density at radius 3 is 1.31 bits per heavy atom. The van der Waals surface area contributed by atoms with Crippen LogP contribution in [0.5, 0.6) is 0 Å². The molecule has 0 fully saturated rings. The summed E-state index contributed by atoms with van der Waals surface area (Å²) in [6.45, 7) is 9.60. The molecule has 0 aliphatic heterocycles. The predicted octanol–water partition coefficient (Wildman–Crippen LogP) is 15.9. The number of benzene rings is 10. The third-order valence-electron chi connectivity index (χ3n) is 13.9. The summed E-state index contributed by atoms with van der Waals surface area (Å²) in [6.07, 6.45) is 0. The zero-order valence-electron chi connectivity index (χ0n) is 33.3. The zero-order chi connectivity index (χ0) is 38.9. The first kappa shape index (κ1) is 33.4. The van der Waals surface area contributed by atoms with Crippen molar-refractivity contribution in [1.82, 2.24) is 0 Å². The Labute approximate surface area is 340 Å². The summed E-state index contributed by atoms with van der Waals surface area (Å²) >= 11 is 0. The summed E-state index contributed by atoms with van der Waals surface area (Å²) in [5.74, 6) is 0. The molecule has 10 aromatic carbocycles. The fourth-order valence-corrected chi connectivity index (χ4v) is 11.1. The van der Waals surface area contributed by atoms with E-state index in [0.29, 0.717) is 0 Å². The molecule has 2 aliphatic rings. The van der Waals surface area contributed by atoms with E-state index in [-0.39, 0.29) is 10.8 Å². The Balaban J connectivity index is 1.07. The van der Waals surface area contributed by atoms with Crippen molar-refractivity contribution in [3.8, 4) is 55.6 Å². The van der Waals surface area contributed by atoms with Crippen LogP contribution in [0.1, 0.15) is 49.9 Å². The highest BCUT2D eigenvalue weighted by atomic mass is 14.5. The molecule has 0 atom stereocenters. The molecule has 0 amide bonds. The van der Waals surface area contributed by atoms with Gasteiger partial charge in [0.25, 0.3) is 0 Å². The molecule has 0 bridgehead atoms. The largest absolute Gasteiger partial charge is 0.0619 e. The Morgan fingerprint density at radius 1 is 0.259 bits per heavy atom. The molecule has 0 heterocycles. The Kier molecular flexibility index (Phi) is 6.84. The molecule has 58 heavy (non-hydrogen) atoms. The minimum absolute atomic E-state index is 0.0264. The van der Waals surface area contributed by atoms with E-state index in [2.05, 4.69) is 210 Å². The second-order valence-electron chi connectivity index (χ2n) is 17.5. The lowest BCUT2D eigenvalue weighted by Gasteiger charge is -2.24. The van der Waals surface area contributed by atoms with Gasteiger partial charge in [-0.05, 0) is 127 Å². The molecule has 12 rings (SSSR count). The third kappa shape index (κ3) is 4.41. The van der Waals surface area contributed by atoms with Crippen LogP contribution in [-0.4, -0.2) is 0 Å². The van der Waals surface area contributed by atoms with Gasteiger partial charge in [0.1, 0.15) is 0 Å². The lowest BCUT2D eigenvalue weighted by atomic mass is 9.79. The quantitative estimate of drug-likeness (QED) is 0.158. The highest BCUT2D eigenvalue weighted by Gasteiger charge is 2.43. The van der Waals surface area contributed by atoms with E-state index < -0.39 is 0 Å². The van der Waals surface area contributed by atoms with Gasteiger partial charge < -0.3 is 0 Å². The molecular formula is C58H42. The summed E-state index contributed by atoms with van der Waals surface area (Å²) in [7, 11) is 0. The van der Waals surface area contributed by atoms with Crippen LogP contribution in [-0.2, 0) is 10.8 Å². The molecule has 0 saturated carbocycles. The maximum Gasteiger partial charge on any atom is 0.0159 e. The minimum Gasteiger partial charge on any atom is -0.0619 e. The fraction of sp³-hybridized carbons (Fsp3) is 0.103. The highest BCUT2D eigenvalue weighted by molar-refractivity contribution is 6.25. The molecule has 0 N–H and O–H groups in total. The van der Waals surface area contributed by atoms with Crippen LogP contribution < -0.4 is 0 Å². The van der Waals surface area contributed by atoms with E-state index >= 15 is 0 Å². The first-order chi connectivity index (χ1) is 28.3. The second kappa shape index (κ2) is 11.9. The summed E-state index contributed by atoms with van der Waals surface area (Å²) in [5, 5.41) is 10.2. The van der Waals surface area contributed by atoms with Crippen LogP contribution in [0.15, 0.2) is 182 Å². The molecule has 0 spiro atoms. The van der Waals surface area contributed by atoms with Crippen molar-refractivity contribution in [3.05, 3.63) is 204 Å². The van der Waals surface area contributed by atoms with Gasteiger partial charge in [0.05, 0.1) is 0 Å². The van der Waals surface area contributed by atoms with Crippen molar-refractivity contribution < 1.29 is 0 Å². The molecule has 0 heteroatoms. The normalized spacial score (nSPS) is 14.5. The summed E-state index contributed by atoms with van der Waals surface area (Å²) in [4.78, 5) is 0. The lowest BCUT2D eigenvalue weighted by Crippen LogP contribution is -2.17. The van der Waals surface area contributed by atoms with Crippen LogP contribution in [0.4, 0.5) is 0 Å². The van der Waals surface area contributed by atoms with Gasteiger partial charge in [0.15, 0.2) is 0 Å². The van der Waals surface area contributed by atoms with Crippen molar-refractivity contribution in [1.29, 1.82) is 0 Å². The molecule has 0 aromatic heterocycles. The van der Waals surface area contributed by atoms with Crippen molar-refractivity contribution in [3.63, 3.8) is 0 Å². The van der Waals surface area contributed by atoms with Gasteiger partial charge in [-0.1, -0.05) is 204 Å². The van der Waals surface area contributed by atoms with Crippen LogP contribution in [0.2, 0.25) is 0 Å². The maximum absolute atomic E-state index is 2.50. The molecule has 274 valence electrons. The summed E-state index contributed by atoms with van der Waals surface area (Å²) in [6, 6.07) is 68.6. The van der Waals surface area contributed by atoms with Gasteiger partial charge >= 0.3 is 0 Å². The van der Waals surface area contributed by atoms with Crippen LogP contribution >= 0.6 is 0 Å². The number of hydrogen-bond donors (Lipinski definition) is 0. The smallest absolute Gasteiger partial charge is 0.0159 e. The maximum atomic E-state index is 2.50. The molecule has 0 nitrogen and oxygen atoms in total. The van der Waals surface area contributed by atoms with Crippen molar-refractivity contribution >= 4 is 43.1 Å². The molecule has 2 aliphatic carbocycles. The zero-order valence-corrected chi connectivity index (χ0v) is 33.3. The Morgan fingerprint density at radius 2 is 0.672 bits per heavy atom. The van der Waals surface area contributed by atoms with Crippen LogP contribution in [0, 0.1) is 0 Å². The van der Waals surface area contributed by atoms with Crippen molar-refractivity contribution in [2.75, 3.05) is 0 Å². The highest BCUT2D eigenvalue weighted by Crippen LogP contribution is 2.59. The standard InChI is InChI=1S/C58H42/c1-57(2)49-27-14-13-25-47(49)55-50(57)32-33-51-56(55)48-29-28-36(34-52(48)58(51,3)4)38-30-31-46(40-20-8-7-19-39(38)40)54-44-23-11-9-21-42(44)53(43-22-10-12-24-45(43)54)41-26-15-17-35-16-5-6-18-37(35)41/h5-34H,1-4H3. The Hall–Kier alpha value is -6.76. The van der Waals surface area contributed by atoms with Gasteiger partial charge in [0, 0.05) is 10.8 Å². The lowest BCUT2D eigenvalue weighted by molar-refractivity contribution is 0.651. The van der Waals surface area contributed by atoms with Gasteiger partial charge in [-0.2, -0.15) is 0 Å². The van der Waals surface area contributed by atoms with Crippen LogP contribution in [0.25, 0.3) is 98.7 Å². The van der Waals surface area contributed by atoms with Crippen molar-refractivity contribution in [2.45, 2.75) is 38.5 Å². The first-order valence-electron chi connectivity index (χ1n) is 20.7. The SMILES string of the molecule is CC1(C)c2ccccc2-c2c1ccc1c2-c2ccc(-c3ccc(-c4c5ccccc5c(-c5cccc6ccccc56)c5ccccc45)c4ccccc34)cc2C1(C)C. The second-order valence-corrected chi connectivity index (χ2v) is 17.5. The van der Waals surface area contributed by atoms with E-state index in [4.69, 9.17) is 0 Å². The number of rotatable bonds is 3. The predicted molar refractivity (Wildman–Crippen MR) is 248 cm³/mol. The molecule has 0 unspecified atom stereocenters. The van der Waals surface area contributed by atoms with E-state index in [1.54, 1.807) is 0 Å². The summed E-state index contributed by atoms with van der Waals surface area (Å²) < 4.78 is 0. The van der Waals surface area contributed by atoms with E-state index in [1.165, 1.54) is 121 Å². The van der Waals surface area contributed by atoms with E-state index in [1.807, 2.05) is 0 Å². The fourth-order valence-electron chi connectivity index (χ4n) is 11.1. The number of fused-ring (bicyclic) bond motifs is 11. The van der Waals surface area contributed by atoms with Gasteiger partial charge in [0.2, 0.25) is 0 Å². The molecule has 10 aromatic rings. The molecular weight excluding hydrogens is 697 g/mol. The van der Waals surface area contributed by atoms with Gasteiger partial charge in [-0.15, -0.1) is 0 Å². The molecule has 0 radical (unpaired) electrons. The van der Waals surface area contributed by atoms with E-state index in [0.717, 1.165) is 0 Å². The van der Waals surface area contributed by atoms with Gasteiger partial charge in [-0.25, -0.2) is 0 Å². The third-order valence-corrected chi connectivity index (χ3v) is 13.9. The average molecular weight is 739 g/mol.